The predicted molar refractivity (Wildman–Crippen MR) is 111 cm³/mol. The third-order valence-electron chi connectivity index (χ3n) is 4.47. The molecule has 0 atom stereocenters. The predicted octanol–water partition coefficient (Wildman–Crippen LogP) is 4.90. The number of hydrogen-bond acceptors (Lipinski definition) is 3. The van der Waals surface area contributed by atoms with Gasteiger partial charge in [-0.25, -0.2) is 0 Å². The Labute approximate surface area is 169 Å². The van der Waals surface area contributed by atoms with Gasteiger partial charge in [-0.2, -0.15) is 0 Å². The second-order valence-corrected chi connectivity index (χ2v) is 7.58. The minimum Gasteiger partial charge on any atom is -0.467 e. The molecule has 0 fully saturated rings. The van der Waals surface area contributed by atoms with E-state index in [9.17, 15) is 9.59 Å². The molecule has 0 aliphatic rings. The lowest BCUT2D eigenvalue weighted by Gasteiger charge is -2.21. The number of nitrogens with one attached hydrogen (secondary N) is 1. The molecule has 146 valence electrons. The Balaban J connectivity index is 2.09. The van der Waals surface area contributed by atoms with Gasteiger partial charge in [0, 0.05) is 17.5 Å². The highest BCUT2D eigenvalue weighted by Gasteiger charge is 2.22. The van der Waals surface area contributed by atoms with Crippen molar-refractivity contribution in [2.75, 3.05) is 5.32 Å². The molecule has 3 rings (SSSR count). The molecule has 28 heavy (non-hydrogen) atoms. The molecule has 0 aliphatic carbocycles. The van der Waals surface area contributed by atoms with E-state index < -0.39 is 5.91 Å². The zero-order valence-corrected chi connectivity index (χ0v) is 16.9. The molecule has 0 spiro atoms. The van der Waals surface area contributed by atoms with Crippen LogP contribution >= 0.6 is 11.6 Å². The molecule has 1 amide bonds. The van der Waals surface area contributed by atoms with Crippen molar-refractivity contribution in [3.63, 3.8) is 0 Å². The molecule has 3 aromatic rings. The maximum atomic E-state index is 13.0. The highest BCUT2D eigenvalue weighted by Crippen LogP contribution is 2.22. The minimum absolute atomic E-state index is 0.144. The molecule has 2 aromatic heterocycles. The third kappa shape index (κ3) is 4.37. The largest absolute Gasteiger partial charge is 0.467 e. The molecular formula is C22H23ClN2O3. The van der Waals surface area contributed by atoms with Crippen LogP contribution in [0.1, 0.15) is 41.4 Å². The van der Waals surface area contributed by atoms with E-state index >= 15 is 0 Å². The summed E-state index contributed by atoms with van der Waals surface area (Å²) in [4.78, 5) is 25.8. The number of furan rings is 1. The summed E-state index contributed by atoms with van der Waals surface area (Å²) in [5.74, 6) is 0.562. The van der Waals surface area contributed by atoms with Crippen LogP contribution in [0.3, 0.4) is 0 Å². The van der Waals surface area contributed by atoms with E-state index in [1.54, 1.807) is 30.5 Å². The molecule has 0 saturated carbocycles. The van der Waals surface area contributed by atoms with E-state index in [1.165, 1.54) is 6.07 Å². The summed E-state index contributed by atoms with van der Waals surface area (Å²) < 4.78 is 7.45. The number of amides is 1. The second kappa shape index (κ2) is 8.48. The molecule has 0 unspecified atom stereocenters. The monoisotopic (exact) mass is 398 g/mol. The van der Waals surface area contributed by atoms with Crippen LogP contribution in [0.2, 0.25) is 5.02 Å². The summed E-state index contributed by atoms with van der Waals surface area (Å²) in [6.07, 6.45) is 2.20. The number of carbonyl (C=O) groups excluding carboxylic acids is 1. The fourth-order valence-electron chi connectivity index (χ4n) is 3.20. The van der Waals surface area contributed by atoms with Crippen molar-refractivity contribution in [1.29, 1.82) is 0 Å². The van der Waals surface area contributed by atoms with Crippen molar-refractivity contribution in [1.82, 2.24) is 4.57 Å². The van der Waals surface area contributed by atoms with Gasteiger partial charge in [-0.3, -0.25) is 9.59 Å². The molecule has 0 bridgehead atoms. The van der Waals surface area contributed by atoms with Crippen LogP contribution in [0.25, 0.3) is 0 Å². The summed E-state index contributed by atoms with van der Waals surface area (Å²) in [7, 11) is 0. The first-order valence-corrected chi connectivity index (χ1v) is 9.56. The van der Waals surface area contributed by atoms with Crippen molar-refractivity contribution < 1.29 is 9.21 Å². The molecule has 1 aromatic carbocycles. The summed E-state index contributed by atoms with van der Waals surface area (Å²) in [5, 5.41) is 3.20. The smallest absolute Gasteiger partial charge is 0.261 e. The number of halogens is 1. The average molecular weight is 399 g/mol. The highest BCUT2D eigenvalue weighted by atomic mass is 35.5. The Hall–Kier alpha value is -2.79. The Bertz CT molecular complexity index is 1040. The lowest BCUT2D eigenvalue weighted by molar-refractivity contribution is 0.102. The molecule has 0 aliphatic heterocycles. The number of rotatable bonds is 6. The fourth-order valence-corrected chi connectivity index (χ4v) is 3.38. The van der Waals surface area contributed by atoms with E-state index in [-0.39, 0.29) is 16.9 Å². The van der Waals surface area contributed by atoms with Gasteiger partial charge >= 0.3 is 0 Å². The lowest BCUT2D eigenvalue weighted by Crippen LogP contribution is -2.29. The van der Waals surface area contributed by atoms with Crippen LogP contribution in [-0.2, 0) is 13.0 Å². The van der Waals surface area contributed by atoms with Gasteiger partial charge < -0.3 is 14.3 Å². The Kier molecular flexibility index (Phi) is 6.05. The van der Waals surface area contributed by atoms with Crippen LogP contribution < -0.4 is 10.7 Å². The standard InChI is InChI=1S/C22H23ClN2O3/c1-14(2)11-19-21(22(27)24-18-9-5-4-8-17(18)23)20(26)12-15(3)25(19)13-16-7-6-10-28-16/h4-10,12,14H,11,13H2,1-3H3,(H,24,27). The first-order valence-electron chi connectivity index (χ1n) is 9.18. The van der Waals surface area contributed by atoms with Gasteiger partial charge in [0.1, 0.15) is 11.3 Å². The van der Waals surface area contributed by atoms with Crippen molar-refractivity contribution in [2.45, 2.75) is 33.7 Å². The molecule has 0 radical (unpaired) electrons. The number of aryl methyl sites for hydroxylation is 1. The number of nitrogens with zero attached hydrogens (tertiary/aromatic N) is 1. The van der Waals surface area contributed by atoms with Gasteiger partial charge in [-0.1, -0.05) is 37.6 Å². The van der Waals surface area contributed by atoms with Gasteiger partial charge in [0.15, 0.2) is 5.43 Å². The van der Waals surface area contributed by atoms with Gasteiger partial charge in [0.25, 0.3) is 5.91 Å². The Morgan fingerprint density at radius 3 is 2.61 bits per heavy atom. The molecule has 5 nitrogen and oxygen atoms in total. The van der Waals surface area contributed by atoms with Crippen LogP contribution in [-0.4, -0.2) is 10.5 Å². The topological polar surface area (TPSA) is 64.2 Å². The van der Waals surface area contributed by atoms with Crippen molar-refractivity contribution in [3.05, 3.63) is 86.7 Å². The Morgan fingerprint density at radius 1 is 1.21 bits per heavy atom. The Morgan fingerprint density at radius 2 is 1.96 bits per heavy atom. The van der Waals surface area contributed by atoms with Crippen LogP contribution in [0.5, 0.6) is 0 Å². The van der Waals surface area contributed by atoms with Gasteiger partial charge in [-0.15, -0.1) is 0 Å². The van der Waals surface area contributed by atoms with Crippen LogP contribution in [0, 0.1) is 12.8 Å². The van der Waals surface area contributed by atoms with Crippen molar-refractivity contribution in [3.8, 4) is 0 Å². The number of aromatic nitrogens is 1. The number of anilines is 1. The highest BCUT2D eigenvalue weighted by molar-refractivity contribution is 6.33. The second-order valence-electron chi connectivity index (χ2n) is 7.17. The summed E-state index contributed by atoms with van der Waals surface area (Å²) in [5.41, 5.74) is 1.80. The molecule has 2 heterocycles. The maximum Gasteiger partial charge on any atom is 0.261 e. The fraction of sp³-hybridized carbons (Fsp3) is 0.273. The SMILES string of the molecule is Cc1cc(=O)c(C(=O)Nc2ccccc2Cl)c(CC(C)C)n1Cc1ccco1. The number of carbonyl (C=O) groups is 1. The lowest BCUT2D eigenvalue weighted by atomic mass is 10.0. The first-order chi connectivity index (χ1) is 13.4. The van der Waals surface area contributed by atoms with Crippen LogP contribution in [0.4, 0.5) is 5.69 Å². The zero-order valence-electron chi connectivity index (χ0n) is 16.2. The molecular weight excluding hydrogens is 376 g/mol. The number of para-hydroxylation sites is 1. The first kappa shape index (κ1) is 20.0. The van der Waals surface area contributed by atoms with E-state index in [2.05, 4.69) is 19.2 Å². The normalized spacial score (nSPS) is 11.0. The number of pyridine rings is 1. The van der Waals surface area contributed by atoms with Crippen molar-refractivity contribution in [2.24, 2.45) is 5.92 Å². The molecule has 1 N–H and O–H groups in total. The summed E-state index contributed by atoms with van der Waals surface area (Å²) in [6.45, 7) is 6.43. The quantitative estimate of drug-likeness (QED) is 0.642. The van der Waals surface area contributed by atoms with Crippen molar-refractivity contribution >= 4 is 23.2 Å². The zero-order chi connectivity index (χ0) is 20.3. The van der Waals surface area contributed by atoms with Gasteiger partial charge in [-0.05, 0) is 43.5 Å². The van der Waals surface area contributed by atoms with E-state index in [0.717, 1.165) is 11.5 Å². The average Bonchev–Trinajstić information content (AvgIpc) is 3.13. The van der Waals surface area contributed by atoms with E-state index in [0.29, 0.717) is 29.4 Å². The summed E-state index contributed by atoms with van der Waals surface area (Å²) >= 11 is 6.16. The van der Waals surface area contributed by atoms with E-state index in [4.69, 9.17) is 16.0 Å². The van der Waals surface area contributed by atoms with E-state index in [1.807, 2.05) is 23.6 Å². The minimum atomic E-state index is -0.457. The van der Waals surface area contributed by atoms with Gasteiger partial charge in [0.05, 0.1) is 23.5 Å². The third-order valence-corrected chi connectivity index (χ3v) is 4.80. The number of benzene rings is 1. The molecule has 0 saturated heterocycles. The maximum absolute atomic E-state index is 13.0. The summed E-state index contributed by atoms with van der Waals surface area (Å²) in [6, 6.07) is 12.1. The number of hydrogen-bond donors (Lipinski definition) is 1. The molecule has 6 heteroatoms. The van der Waals surface area contributed by atoms with Crippen LogP contribution in [0.15, 0.2) is 57.9 Å². The van der Waals surface area contributed by atoms with Gasteiger partial charge in [0.2, 0.25) is 0 Å².